The van der Waals surface area contributed by atoms with Crippen LogP contribution in [0.5, 0.6) is 23.0 Å². The van der Waals surface area contributed by atoms with Gasteiger partial charge in [-0.25, -0.2) is 0 Å². The van der Waals surface area contributed by atoms with Crippen molar-refractivity contribution >= 4 is 61.5 Å². The molecule has 0 amide bonds. The maximum atomic E-state index is 16.2. The number of unbranched alkanes of at least 4 members (excludes halogenated alkanes) is 18. The summed E-state index contributed by atoms with van der Waals surface area (Å²) >= 11 is 0. The molecule has 8 bridgehead atoms. The SMILES string of the molecule is CCCCCCCCCCCCOc1c2cc(P(=O)(OC(C)C)OC(C)C)cc1Cc1cc(C[P+](C)(c3ccccc3)c3ccccc3)cc(c1OC)Cc1cc(P(=O)(OC(C)C)OC(C)C)cc(c1OCCCCCCCCCCCC)Cc1cc(C[P+](C)(c3ccccc3)c3ccccc3)cc(c1OC)C2. The molecule has 1 aliphatic rings. The van der Waals surface area contributed by atoms with Crippen molar-refractivity contribution in [3.8, 4) is 23.0 Å². The van der Waals surface area contributed by atoms with E-state index >= 15 is 9.13 Å². The lowest BCUT2D eigenvalue weighted by Gasteiger charge is -2.28. The van der Waals surface area contributed by atoms with Gasteiger partial charge >= 0.3 is 15.2 Å². The van der Waals surface area contributed by atoms with Gasteiger partial charge in [0.15, 0.2) is 0 Å². The van der Waals surface area contributed by atoms with E-state index in [1.165, 1.54) is 111 Å². The molecule has 584 valence electrons. The first-order valence-corrected chi connectivity index (χ1v) is 48.9. The molecule has 0 spiro atoms. The number of ether oxygens (including phenoxy) is 4. The van der Waals surface area contributed by atoms with Gasteiger partial charge in [0.1, 0.15) is 23.0 Å². The van der Waals surface area contributed by atoms with Crippen molar-refractivity contribution in [1.82, 2.24) is 0 Å². The van der Waals surface area contributed by atoms with Crippen LogP contribution in [0.1, 0.15) is 253 Å². The predicted octanol–water partition coefficient (Wildman–Crippen LogP) is 23.9. The molecule has 14 heteroatoms. The first-order chi connectivity index (χ1) is 52.1. The number of fused-ring (bicyclic) bond motifs is 8. The van der Waals surface area contributed by atoms with Crippen molar-refractivity contribution in [2.75, 3.05) is 40.8 Å². The lowest BCUT2D eigenvalue weighted by molar-refractivity contribution is 0.149. The zero-order valence-electron chi connectivity index (χ0n) is 68.1. The summed E-state index contributed by atoms with van der Waals surface area (Å²) in [6, 6.07) is 61.7. The highest BCUT2D eigenvalue weighted by Crippen LogP contribution is 2.59. The molecule has 0 aromatic heterocycles. The summed E-state index contributed by atoms with van der Waals surface area (Å²) in [4.78, 5) is 0. The first-order valence-electron chi connectivity index (χ1n) is 40.9. The molecule has 0 atom stereocenters. The van der Waals surface area contributed by atoms with E-state index in [1.807, 2.05) is 79.7 Å². The second-order valence-electron chi connectivity index (χ2n) is 31.5. The normalized spacial score (nSPS) is 12.9. The monoisotopic (exact) mass is 1540 g/mol. The Bertz CT molecular complexity index is 3670. The summed E-state index contributed by atoms with van der Waals surface area (Å²) in [6.45, 7) is 25.8. The molecule has 0 aliphatic heterocycles. The average molecular weight is 1540 g/mol. The summed E-state index contributed by atoms with van der Waals surface area (Å²) in [5.41, 5.74) is 9.41. The van der Waals surface area contributed by atoms with Gasteiger partial charge in [0, 0.05) is 25.7 Å². The van der Waals surface area contributed by atoms with Crippen molar-refractivity contribution < 1.29 is 46.2 Å². The van der Waals surface area contributed by atoms with Crippen LogP contribution in [0.3, 0.4) is 0 Å². The van der Waals surface area contributed by atoms with Gasteiger partial charge in [-0.3, -0.25) is 9.13 Å². The maximum Gasteiger partial charge on any atom is 0.361 e. The Labute approximate surface area is 653 Å². The average Bonchev–Trinajstić information content (AvgIpc) is 0.938. The van der Waals surface area contributed by atoms with Gasteiger partial charge in [0.2, 0.25) is 0 Å². The summed E-state index contributed by atoms with van der Waals surface area (Å²) in [6.07, 6.45) is 25.0. The minimum atomic E-state index is -4.07. The Hall–Kier alpha value is -5.88. The number of rotatable bonds is 44. The minimum Gasteiger partial charge on any atom is -0.496 e. The minimum absolute atomic E-state index is 0.333. The van der Waals surface area contributed by atoms with Gasteiger partial charge in [-0.2, -0.15) is 0 Å². The molecule has 0 saturated carbocycles. The van der Waals surface area contributed by atoms with Gasteiger partial charge in [0.05, 0.1) is 124 Å². The van der Waals surface area contributed by atoms with Crippen LogP contribution in [0.15, 0.2) is 170 Å². The molecule has 8 aromatic carbocycles. The van der Waals surface area contributed by atoms with Crippen molar-refractivity contribution in [3.05, 3.63) is 225 Å². The summed E-state index contributed by atoms with van der Waals surface area (Å²) in [5, 5.41) is 6.14. The molecule has 0 N–H and O–H groups in total. The van der Waals surface area contributed by atoms with Gasteiger partial charge in [-0.1, -0.05) is 202 Å². The molecule has 1 aliphatic carbocycles. The fraction of sp³-hybridized carbons (Fsp3) is 0.489. The fourth-order valence-corrected chi connectivity index (χ4v) is 26.3. The second kappa shape index (κ2) is 42.7. The Balaban J connectivity index is 1.35. The Kier molecular flexibility index (Phi) is 34.0. The number of hydrogen-bond donors (Lipinski definition) is 0. The number of benzene rings is 8. The van der Waals surface area contributed by atoms with Crippen molar-refractivity contribution in [2.45, 2.75) is 260 Å². The molecule has 108 heavy (non-hydrogen) atoms. The third-order valence-corrected chi connectivity index (χ3v) is 33.1. The third-order valence-electron chi connectivity index (χ3n) is 20.8. The molecule has 9 rings (SSSR count). The van der Waals surface area contributed by atoms with E-state index in [-0.39, 0.29) is 0 Å². The van der Waals surface area contributed by atoms with Gasteiger partial charge < -0.3 is 37.0 Å². The van der Waals surface area contributed by atoms with Crippen LogP contribution in [0.2, 0.25) is 0 Å². The predicted molar refractivity (Wildman–Crippen MR) is 462 cm³/mol. The molecule has 0 radical (unpaired) electrons. The lowest BCUT2D eigenvalue weighted by atomic mass is 9.90. The van der Waals surface area contributed by atoms with Crippen LogP contribution in [-0.4, -0.2) is 65.2 Å². The van der Waals surface area contributed by atoms with Crippen LogP contribution >= 0.6 is 29.7 Å². The maximum absolute atomic E-state index is 16.2. The lowest BCUT2D eigenvalue weighted by Crippen LogP contribution is -2.23. The van der Waals surface area contributed by atoms with Crippen LogP contribution in [-0.2, 0) is 65.2 Å². The zero-order chi connectivity index (χ0) is 77.1. The molecule has 0 unspecified atom stereocenters. The molecular formula is C94H130O10P4+2. The van der Waals surface area contributed by atoms with Crippen molar-refractivity contribution in [2.24, 2.45) is 0 Å². The molecule has 0 fully saturated rings. The van der Waals surface area contributed by atoms with Gasteiger partial charge in [-0.05, 0) is 221 Å². The van der Waals surface area contributed by atoms with E-state index in [1.54, 1.807) is 14.2 Å². The highest BCUT2D eigenvalue weighted by Gasteiger charge is 2.42. The quantitative estimate of drug-likeness (QED) is 0.0271. The first kappa shape index (κ1) is 86.1. The molecule has 0 saturated heterocycles. The Morgan fingerprint density at radius 1 is 0.315 bits per heavy atom. The largest absolute Gasteiger partial charge is 0.496 e. The van der Waals surface area contributed by atoms with Crippen molar-refractivity contribution in [1.29, 1.82) is 0 Å². The molecular weight excluding hydrogens is 1410 g/mol. The fourth-order valence-electron chi connectivity index (χ4n) is 15.7. The smallest absolute Gasteiger partial charge is 0.361 e. The standard InChI is InChI=1S/C94H130O10P4/c1-15-17-19-21-23-25-27-29-31-45-55-99-93-81-61-77-57-75(69-105(13,85-47-37-33-38-48-85)86-49-39-34-40-50-86)59-79(91(77)97-11)63-83-67-90(108(96,103-73(7)8)104-74(9)10)68-84(94(83)100-56-46-32-30-28-26-24-22-20-18-16-2)64-80-60-76(70-106(14,87-51-41-35-42-52-87)88-53-43-36-44-54-88)58-78(92(80)98-12)62-82(93)66-89(65-81)107(95,101-71(3)4)102-72(5)6/h33-44,47-54,57-60,65-68,71-74H,15-32,45-46,55-56,61-64,69-70H2,1-14H3/q+2. The van der Waals surface area contributed by atoms with E-state index in [4.69, 9.17) is 37.0 Å². The third kappa shape index (κ3) is 24.1. The van der Waals surface area contributed by atoms with E-state index in [0.717, 1.165) is 118 Å². The second-order valence-corrected chi connectivity index (χ2v) is 42.8. The number of methoxy groups -OCH3 is 2. The topological polar surface area (TPSA) is 108 Å². The van der Waals surface area contributed by atoms with Crippen LogP contribution in [0.4, 0.5) is 0 Å². The highest BCUT2D eigenvalue weighted by molar-refractivity contribution is 7.88. The Morgan fingerprint density at radius 3 is 0.759 bits per heavy atom. The molecule has 10 nitrogen and oxygen atoms in total. The summed E-state index contributed by atoms with van der Waals surface area (Å²) in [5.74, 6) is 2.91. The van der Waals surface area contributed by atoms with E-state index in [0.29, 0.717) is 61.0 Å². The van der Waals surface area contributed by atoms with Crippen LogP contribution in [0, 0.1) is 0 Å². The highest BCUT2D eigenvalue weighted by atomic mass is 31.2. The zero-order valence-corrected chi connectivity index (χ0v) is 71.7. The summed E-state index contributed by atoms with van der Waals surface area (Å²) < 4.78 is 87.9. The van der Waals surface area contributed by atoms with Gasteiger partial charge in [0.25, 0.3) is 0 Å². The molecule has 8 aromatic rings. The Morgan fingerprint density at radius 2 is 0.537 bits per heavy atom. The van der Waals surface area contributed by atoms with Crippen LogP contribution < -0.4 is 50.8 Å². The van der Waals surface area contributed by atoms with Crippen molar-refractivity contribution in [3.63, 3.8) is 0 Å². The summed E-state index contributed by atoms with van der Waals surface area (Å²) in [7, 11) is -8.94. The van der Waals surface area contributed by atoms with E-state index in [2.05, 4.69) is 173 Å². The molecule has 0 heterocycles. The van der Waals surface area contributed by atoms with E-state index < -0.39 is 54.1 Å². The van der Waals surface area contributed by atoms with Crippen LogP contribution in [0.25, 0.3) is 0 Å². The van der Waals surface area contributed by atoms with Gasteiger partial charge in [-0.15, -0.1) is 0 Å². The number of hydrogen-bond acceptors (Lipinski definition) is 10. The van der Waals surface area contributed by atoms with E-state index in [9.17, 15) is 0 Å².